The van der Waals surface area contributed by atoms with Crippen LogP contribution in [0.25, 0.3) is 0 Å². The molecule has 1 aromatic carbocycles. The Kier molecular flexibility index (Phi) is 6.34. The van der Waals surface area contributed by atoms with Gasteiger partial charge in [-0.1, -0.05) is 13.0 Å². The first-order valence-electron chi connectivity index (χ1n) is 8.90. The molecule has 1 aromatic rings. The Labute approximate surface area is 154 Å². The molecule has 0 spiro atoms. The summed E-state index contributed by atoms with van der Waals surface area (Å²) in [7, 11) is 1.58. The first-order valence-corrected chi connectivity index (χ1v) is 8.90. The van der Waals surface area contributed by atoms with E-state index in [2.05, 4.69) is 5.32 Å². The van der Waals surface area contributed by atoms with E-state index in [9.17, 15) is 14.7 Å². The summed E-state index contributed by atoms with van der Waals surface area (Å²) in [5.41, 5.74) is 0.0152. The van der Waals surface area contributed by atoms with Crippen molar-refractivity contribution in [3.8, 4) is 11.5 Å². The Morgan fingerprint density at radius 3 is 2.69 bits per heavy atom. The quantitative estimate of drug-likeness (QED) is 0.776. The zero-order chi connectivity index (χ0) is 19.3. The van der Waals surface area contributed by atoms with Crippen LogP contribution in [0.2, 0.25) is 0 Å². The molecular weight excluding hydrogens is 336 g/mol. The van der Waals surface area contributed by atoms with Gasteiger partial charge in [0.2, 0.25) is 0 Å². The van der Waals surface area contributed by atoms with E-state index in [1.807, 2.05) is 32.0 Å². The molecule has 7 heteroatoms. The van der Waals surface area contributed by atoms with Crippen molar-refractivity contribution in [3.05, 3.63) is 23.8 Å². The molecule has 1 aliphatic heterocycles. The first kappa shape index (κ1) is 19.9. The molecule has 1 saturated heterocycles. The minimum Gasteiger partial charge on any atom is -0.493 e. The standard InChI is InChI=1S/C19H28N2O5/c1-5-10-26-15-7-6-14(11-16(15)25-4)13(2)20-18(24)21-9-8-19(3,12-21)17(22)23/h6-7,11,13H,5,8-10,12H2,1-4H3,(H,20,24)(H,22,23). The molecule has 0 bridgehead atoms. The van der Waals surface area contributed by atoms with Crippen molar-refractivity contribution in [3.63, 3.8) is 0 Å². The predicted molar refractivity (Wildman–Crippen MR) is 97.7 cm³/mol. The van der Waals surface area contributed by atoms with Gasteiger partial charge in [-0.25, -0.2) is 4.79 Å². The summed E-state index contributed by atoms with van der Waals surface area (Å²) in [4.78, 5) is 25.4. The van der Waals surface area contributed by atoms with Crippen molar-refractivity contribution in [2.24, 2.45) is 5.41 Å². The molecular formula is C19H28N2O5. The second-order valence-electron chi connectivity index (χ2n) is 6.97. The first-order chi connectivity index (χ1) is 12.3. The van der Waals surface area contributed by atoms with E-state index in [0.29, 0.717) is 31.1 Å². The van der Waals surface area contributed by atoms with Gasteiger partial charge in [0.05, 0.1) is 25.2 Å². The molecule has 1 aliphatic rings. The van der Waals surface area contributed by atoms with Gasteiger partial charge in [-0.2, -0.15) is 0 Å². The number of carbonyl (C=O) groups is 2. The van der Waals surface area contributed by atoms with Gasteiger partial charge in [0.25, 0.3) is 0 Å². The van der Waals surface area contributed by atoms with Gasteiger partial charge in [-0.05, 0) is 44.4 Å². The van der Waals surface area contributed by atoms with Gasteiger partial charge in [-0.3, -0.25) is 4.79 Å². The molecule has 0 radical (unpaired) electrons. The van der Waals surface area contributed by atoms with Gasteiger partial charge in [0.15, 0.2) is 11.5 Å². The molecule has 7 nitrogen and oxygen atoms in total. The lowest BCUT2D eigenvalue weighted by atomic mass is 9.90. The van der Waals surface area contributed by atoms with Gasteiger partial charge < -0.3 is 24.8 Å². The molecule has 144 valence electrons. The van der Waals surface area contributed by atoms with E-state index in [4.69, 9.17) is 9.47 Å². The van der Waals surface area contributed by atoms with Crippen LogP contribution in [0.3, 0.4) is 0 Å². The topological polar surface area (TPSA) is 88.1 Å². The van der Waals surface area contributed by atoms with Crippen LogP contribution >= 0.6 is 0 Å². The fourth-order valence-corrected chi connectivity index (χ4v) is 2.95. The fraction of sp³-hybridized carbons (Fsp3) is 0.579. The van der Waals surface area contributed by atoms with Crippen LogP contribution in [0.5, 0.6) is 11.5 Å². The van der Waals surface area contributed by atoms with Crippen molar-refractivity contribution in [1.29, 1.82) is 0 Å². The third-order valence-electron chi connectivity index (χ3n) is 4.77. The minimum atomic E-state index is -0.873. The number of benzene rings is 1. The molecule has 1 fully saturated rings. The third-order valence-corrected chi connectivity index (χ3v) is 4.77. The number of ether oxygens (including phenoxy) is 2. The molecule has 2 amide bonds. The minimum absolute atomic E-state index is 0.216. The number of hydrogen-bond acceptors (Lipinski definition) is 4. The van der Waals surface area contributed by atoms with E-state index in [1.54, 1.807) is 18.9 Å². The number of carboxylic acids is 1. The average molecular weight is 364 g/mol. The lowest BCUT2D eigenvalue weighted by molar-refractivity contribution is -0.147. The highest BCUT2D eigenvalue weighted by molar-refractivity contribution is 5.79. The molecule has 0 aromatic heterocycles. The van der Waals surface area contributed by atoms with Gasteiger partial charge in [-0.15, -0.1) is 0 Å². The normalized spacial score (nSPS) is 20.5. The number of carboxylic acid groups (broad SMARTS) is 1. The number of urea groups is 1. The summed E-state index contributed by atoms with van der Waals surface area (Å²) in [5, 5.41) is 12.2. The highest BCUT2D eigenvalue weighted by atomic mass is 16.5. The van der Waals surface area contributed by atoms with Crippen LogP contribution in [-0.2, 0) is 4.79 Å². The van der Waals surface area contributed by atoms with Crippen LogP contribution < -0.4 is 14.8 Å². The third kappa shape index (κ3) is 4.39. The average Bonchev–Trinajstić information content (AvgIpc) is 3.03. The van der Waals surface area contributed by atoms with Crippen molar-refractivity contribution in [1.82, 2.24) is 10.2 Å². The molecule has 26 heavy (non-hydrogen) atoms. The number of likely N-dealkylation sites (tertiary alicyclic amines) is 1. The Bertz CT molecular complexity index is 663. The van der Waals surface area contributed by atoms with Crippen LogP contribution in [0.4, 0.5) is 4.79 Å². The highest BCUT2D eigenvalue weighted by Crippen LogP contribution is 2.32. The maximum Gasteiger partial charge on any atom is 0.317 e. The van der Waals surface area contributed by atoms with Crippen LogP contribution in [0.1, 0.15) is 45.2 Å². The van der Waals surface area contributed by atoms with Gasteiger partial charge in [0.1, 0.15) is 0 Å². The number of nitrogens with one attached hydrogen (secondary N) is 1. The molecule has 2 N–H and O–H groups in total. The van der Waals surface area contributed by atoms with Crippen molar-refractivity contribution >= 4 is 12.0 Å². The summed E-state index contributed by atoms with van der Waals surface area (Å²) in [5.74, 6) is 0.429. The number of rotatable bonds is 7. The zero-order valence-corrected chi connectivity index (χ0v) is 15.9. The molecule has 2 rings (SSSR count). The van der Waals surface area contributed by atoms with Crippen LogP contribution in [0.15, 0.2) is 18.2 Å². The van der Waals surface area contributed by atoms with Gasteiger partial charge >= 0.3 is 12.0 Å². The lowest BCUT2D eigenvalue weighted by Crippen LogP contribution is -2.41. The van der Waals surface area contributed by atoms with E-state index in [-0.39, 0.29) is 18.6 Å². The molecule has 1 heterocycles. The van der Waals surface area contributed by atoms with E-state index in [1.165, 1.54) is 0 Å². The predicted octanol–water partition coefficient (Wildman–Crippen LogP) is 3.05. The number of methoxy groups -OCH3 is 1. The summed E-state index contributed by atoms with van der Waals surface area (Å²) in [6.07, 6.45) is 1.36. The van der Waals surface area contributed by atoms with Crippen LogP contribution in [-0.4, -0.2) is 48.8 Å². The zero-order valence-electron chi connectivity index (χ0n) is 15.9. The summed E-state index contributed by atoms with van der Waals surface area (Å²) in [6.45, 7) is 6.85. The Morgan fingerprint density at radius 2 is 2.12 bits per heavy atom. The van der Waals surface area contributed by atoms with E-state index >= 15 is 0 Å². The Morgan fingerprint density at radius 1 is 1.38 bits per heavy atom. The number of nitrogens with zero attached hydrogens (tertiary/aromatic N) is 1. The smallest absolute Gasteiger partial charge is 0.317 e. The lowest BCUT2D eigenvalue weighted by Gasteiger charge is -2.23. The van der Waals surface area contributed by atoms with E-state index in [0.717, 1.165) is 12.0 Å². The number of aliphatic carboxylic acids is 1. The number of hydrogen-bond donors (Lipinski definition) is 2. The monoisotopic (exact) mass is 364 g/mol. The van der Waals surface area contributed by atoms with Crippen molar-refractivity contribution < 1.29 is 24.2 Å². The van der Waals surface area contributed by atoms with Gasteiger partial charge in [0, 0.05) is 13.1 Å². The number of carbonyl (C=O) groups excluding carboxylic acids is 1. The summed E-state index contributed by atoms with van der Waals surface area (Å²) < 4.78 is 11.0. The Hall–Kier alpha value is -2.44. The van der Waals surface area contributed by atoms with E-state index < -0.39 is 11.4 Å². The maximum atomic E-state index is 12.5. The van der Waals surface area contributed by atoms with Crippen molar-refractivity contribution in [2.45, 2.75) is 39.7 Å². The fourth-order valence-electron chi connectivity index (χ4n) is 2.95. The Balaban J connectivity index is 2.02. The molecule has 0 aliphatic carbocycles. The molecule has 2 atom stereocenters. The summed E-state index contributed by atoms with van der Waals surface area (Å²) >= 11 is 0. The second kappa shape index (κ2) is 8.29. The largest absolute Gasteiger partial charge is 0.493 e. The summed E-state index contributed by atoms with van der Waals surface area (Å²) in [6, 6.07) is 5.08. The molecule has 2 unspecified atom stereocenters. The van der Waals surface area contributed by atoms with Crippen LogP contribution in [0, 0.1) is 5.41 Å². The second-order valence-corrected chi connectivity index (χ2v) is 6.97. The highest BCUT2D eigenvalue weighted by Gasteiger charge is 2.42. The maximum absolute atomic E-state index is 12.5. The molecule has 0 saturated carbocycles. The van der Waals surface area contributed by atoms with Crippen molar-refractivity contribution in [2.75, 3.05) is 26.8 Å². The SMILES string of the molecule is CCCOc1ccc(C(C)NC(=O)N2CCC(C)(C(=O)O)C2)cc1OC. The number of amides is 2.